The van der Waals surface area contributed by atoms with Gasteiger partial charge in [-0.25, -0.2) is 0 Å². The number of unbranched alkanes of at least 4 members (excludes halogenated alkanes) is 2. The van der Waals surface area contributed by atoms with Gasteiger partial charge in [0.15, 0.2) is 0 Å². The lowest BCUT2D eigenvalue weighted by Gasteiger charge is -2.27. The zero-order valence-corrected chi connectivity index (χ0v) is 13.4. The molecule has 0 spiro atoms. The van der Waals surface area contributed by atoms with Crippen molar-refractivity contribution in [2.24, 2.45) is 5.92 Å². The van der Waals surface area contributed by atoms with Crippen LogP contribution in [0.25, 0.3) is 0 Å². The number of carbonyl (C=O) groups excluding carboxylic acids is 1. The summed E-state index contributed by atoms with van der Waals surface area (Å²) in [7, 11) is 0. The molecule has 0 aromatic heterocycles. The number of hydrogen-bond donors (Lipinski definition) is 0. The standard InChI is InChI=1S/C19H28O2/c1-3-5-6-13-21-17-10-8-16(9-11-17)18-12-7-15(4-2)14-19(18)20/h8-11,15,18H,3-7,12-14H2,1-2H3. The summed E-state index contributed by atoms with van der Waals surface area (Å²) < 4.78 is 5.73. The van der Waals surface area contributed by atoms with Crippen molar-refractivity contribution in [2.75, 3.05) is 6.61 Å². The topological polar surface area (TPSA) is 26.3 Å². The summed E-state index contributed by atoms with van der Waals surface area (Å²) in [6.45, 7) is 5.16. The highest BCUT2D eigenvalue weighted by Gasteiger charge is 2.28. The Morgan fingerprint density at radius 2 is 1.86 bits per heavy atom. The Hall–Kier alpha value is -1.31. The Kier molecular flexibility index (Phi) is 6.28. The zero-order chi connectivity index (χ0) is 15.1. The van der Waals surface area contributed by atoms with E-state index < -0.39 is 0 Å². The summed E-state index contributed by atoms with van der Waals surface area (Å²) in [4.78, 5) is 12.3. The fraction of sp³-hybridized carbons (Fsp3) is 0.632. The Labute approximate surface area is 128 Å². The number of Topliss-reactive ketones (excluding diaryl/α,β-unsaturated/α-hetero) is 1. The Bertz CT molecular complexity index is 435. The van der Waals surface area contributed by atoms with Crippen molar-refractivity contribution >= 4 is 5.78 Å². The van der Waals surface area contributed by atoms with E-state index in [1.54, 1.807) is 0 Å². The molecule has 0 N–H and O–H groups in total. The monoisotopic (exact) mass is 288 g/mol. The first kappa shape index (κ1) is 16.1. The number of carbonyl (C=O) groups is 1. The summed E-state index contributed by atoms with van der Waals surface area (Å²) in [6.07, 6.45) is 7.62. The molecule has 0 radical (unpaired) electrons. The van der Waals surface area contributed by atoms with Crippen molar-refractivity contribution in [2.45, 2.75) is 64.7 Å². The smallest absolute Gasteiger partial charge is 0.140 e. The Balaban J connectivity index is 1.88. The van der Waals surface area contributed by atoms with Crippen LogP contribution in [-0.4, -0.2) is 12.4 Å². The molecule has 0 heterocycles. The van der Waals surface area contributed by atoms with E-state index in [1.165, 1.54) is 19.3 Å². The van der Waals surface area contributed by atoms with Crippen LogP contribution in [0.3, 0.4) is 0 Å². The quantitative estimate of drug-likeness (QED) is 0.651. The summed E-state index contributed by atoms with van der Waals surface area (Å²) in [5.41, 5.74) is 1.16. The minimum Gasteiger partial charge on any atom is -0.494 e. The lowest BCUT2D eigenvalue weighted by atomic mass is 9.77. The second-order valence-corrected chi connectivity index (χ2v) is 6.20. The van der Waals surface area contributed by atoms with Gasteiger partial charge in [-0.3, -0.25) is 4.79 Å². The maximum atomic E-state index is 12.3. The summed E-state index contributed by atoms with van der Waals surface area (Å²) in [5, 5.41) is 0. The van der Waals surface area contributed by atoms with E-state index >= 15 is 0 Å². The molecule has 2 heteroatoms. The predicted molar refractivity (Wildman–Crippen MR) is 86.8 cm³/mol. The van der Waals surface area contributed by atoms with Crippen LogP contribution in [0, 0.1) is 5.92 Å². The van der Waals surface area contributed by atoms with Gasteiger partial charge in [-0.1, -0.05) is 45.2 Å². The van der Waals surface area contributed by atoms with Crippen LogP contribution in [0.5, 0.6) is 5.75 Å². The van der Waals surface area contributed by atoms with Crippen LogP contribution in [0.2, 0.25) is 0 Å². The maximum Gasteiger partial charge on any atom is 0.140 e. The number of rotatable bonds is 7. The molecule has 2 rings (SSSR count). The summed E-state index contributed by atoms with van der Waals surface area (Å²) in [6, 6.07) is 8.18. The van der Waals surface area contributed by atoms with Gasteiger partial charge >= 0.3 is 0 Å². The largest absolute Gasteiger partial charge is 0.494 e. The maximum absolute atomic E-state index is 12.3. The van der Waals surface area contributed by atoms with Gasteiger partial charge < -0.3 is 4.74 Å². The average molecular weight is 288 g/mol. The second kappa shape index (κ2) is 8.21. The average Bonchev–Trinajstić information content (AvgIpc) is 2.52. The van der Waals surface area contributed by atoms with Crippen molar-refractivity contribution in [1.29, 1.82) is 0 Å². The molecule has 2 nitrogen and oxygen atoms in total. The second-order valence-electron chi connectivity index (χ2n) is 6.20. The molecule has 116 valence electrons. The van der Waals surface area contributed by atoms with E-state index in [4.69, 9.17) is 4.74 Å². The summed E-state index contributed by atoms with van der Waals surface area (Å²) >= 11 is 0. The molecule has 0 bridgehead atoms. The van der Waals surface area contributed by atoms with Gasteiger partial charge in [0.1, 0.15) is 11.5 Å². The third kappa shape index (κ3) is 4.59. The molecule has 0 amide bonds. The van der Waals surface area contributed by atoms with E-state index in [2.05, 4.69) is 26.0 Å². The Morgan fingerprint density at radius 1 is 1.10 bits per heavy atom. The minimum absolute atomic E-state index is 0.113. The number of hydrogen-bond acceptors (Lipinski definition) is 2. The fourth-order valence-electron chi connectivity index (χ4n) is 3.13. The van der Waals surface area contributed by atoms with Gasteiger partial charge in [-0.2, -0.15) is 0 Å². The van der Waals surface area contributed by atoms with E-state index in [9.17, 15) is 4.79 Å². The van der Waals surface area contributed by atoms with Gasteiger partial charge in [0.25, 0.3) is 0 Å². The third-order valence-electron chi connectivity index (χ3n) is 4.62. The molecule has 1 aliphatic carbocycles. The van der Waals surface area contributed by atoms with Crippen molar-refractivity contribution in [1.82, 2.24) is 0 Å². The number of ketones is 1. The van der Waals surface area contributed by atoms with E-state index in [0.717, 1.165) is 43.6 Å². The first-order chi connectivity index (χ1) is 10.2. The lowest BCUT2D eigenvalue weighted by Crippen LogP contribution is -2.23. The van der Waals surface area contributed by atoms with Crippen LogP contribution in [-0.2, 0) is 4.79 Å². The van der Waals surface area contributed by atoms with Gasteiger partial charge in [-0.05, 0) is 42.9 Å². The molecule has 2 unspecified atom stereocenters. The van der Waals surface area contributed by atoms with Crippen molar-refractivity contribution < 1.29 is 9.53 Å². The fourth-order valence-corrected chi connectivity index (χ4v) is 3.13. The van der Waals surface area contributed by atoms with Gasteiger partial charge in [-0.15, -0.1) is 0 Å². The molecule has 1 aromatic carbocycles. The minimum atomic E-state index is 0.113. The van der Waals surface area contributed by atoms with Crippen molar-refractivity contribution in [3.63, 3.8) is 0 Å². The first-order valence-electron chi connectivity index (χ1n) is 8.50. The van der Waals surface area contributed by atoms with E-state index in [0.29, 0.717) is 11.7 Å². The molecule has 1 aliphatic rings. The highest BCUT2D eigenvalue weighted by Crippen LogP contribution is 2.34. The molecule has 1 aromatic rings. The van der Waals surface area contributed by atoms with Crippen molar-refractivity contribution in [3.8, 4) is 5.75 Å². The Morgan fingerprint density at radius 3 is 2.48 bits per heavy atom. The summed E-state index contributed by atoms with van der Waals surface area (Å²) in [5.74, 6) is 2.06. The van der Waals surface area contributed by atoms with Crippen LogP contribution >= 0.6 is 0 Å². The first-order valence-corrected chi connectivity index (χ1v) is 8.50. The SMILES string of the molecule is CCCCCOc1ccc(C2CCC(CC)CC2=O)cc1. The van der Waals surface area contributed by atoms with Gasteiger partial charge in [0.2, 0.25) is 0 Å². The van der Waals surface area contributed by atoms with Crippen LogP contribution < -0.4 is 4.74 Å². The molecule has 1 saturated carbocycles. The molecule has 21 heavy (non-hydrogen) atoms. The van der Waals surface area contributed by atoms with Gasteiger partial charge in [0.05, 0.1) is 6.61 Å². The van der Waals surface area contributed by atoms with E-state index in [1.807, 2.05) is 12.1 Å². The van der Waals surface area contributed by atoms with E-state index in [-0.39, 0.29) is 5.92 Å². The molecule has 0 saturated heterocycles. The van der Waals surface area contributed by atoms with Crippen LogP contribution in [0.15, 0.2) is 24.3 Å². The molecule has 0 aliphatic heterocycles. The molecular formula is C19H28O2. The number of ether oxygens (including phenoxy) is 1. The third-order valence-corrected chi connectivity index (χ3v) is 4.62. The zero-order valence-electron chi connectivity index (χ0n) is 13.4. The normalized spacial score (nSPS) is 22.3. The molecular weight excluding hydrogens is 260 g/mol. The number of benzene rings is 1. The molecule has 2 atom stereocenters. The van der Waals surface area contributed by atoms with Gasteiger partial charge in [0, 0.05) is 12.3 Å². The van der Waals surface area contributed by atoms with Crippen molar-refractivity contribution in [3.05, 3.63) is 29.8 Å². The highest BCUT2D eigenvalue weighted by atomic mass is 16.5. The molecule has 1 fully saturated rings. The van der Waals surface area contributed by atoms with Crippen LogP contribution in [0.4, 0.5) is 0 Å². The lowest BCUT2D eigenvalue weighted by molar-refractivity contribution is -0.123. The highest BCUT2D eigenvalue weighted by molar-refractivity contribution is 5.86. The predicted octanol–water partition coefficient (Wildman–Crippen LogP) is 5.12. The van der Waals surface area contributed by atoms with Crippen LogP contribution in [0.1, 0.15) is 70.3 Å².